The van der Waals surface area contributed by atoms with Crippen LogP contribution >= 0.6 is 0 Å². The maximum Gasteiger partial charge on any atom is 0.235 e. The fourth-order valence-corrected chi connectivity index (χ4v) is 2.94. The molecule has 0 atom stereocenters. The summed E-state index contributed by atoms with van der Waals surface area (Å²) < 4.78 is 24.5. The average Bonchev–Trinajstić information content (AvgIpc) is 2.74. The van der Waals surface area contributed by atoms with Gasteiger partial charge >= 0.3 is 0 Å². The first-order valence-corrected chi connectivity index (χ1v) is 8.53. The maximum absolute atomic E-state index is 11.9. The zero-order valence-corrected chi connectivity index (χ0v) is 12.9. The lowest BCUT2D eigenvalue weighted by Gasteiger charge is -2.22. The number of sulfonamides is 1. The first-order chi connectivity index (χ1) is 8.79. The molecule has 0 bridgehead atoms. The number of rotatable bonds is 7. The molecule has 0 heterocycles. The van der Waals surface area contributed by atoms with Crippen LogP contribution in [0.15, 0.2) is 0 Å². The van der Waals surface area contributed by atoms with Crippen molar-refractivity contribution in [3.8, 4) is 0 Å². The third-order valence-electron chi connectivity index (χ3n) is 3.31. The highest BCUT2D eigenvalue weighted by Crippen LogP contribution is 2.17. The molecular formula is C12H25N3O3S. The lowest BCUT2D eigenvalue weighted by Crippen LogP contribution is -2.45. The Bertz CT molecular complexity index is 389. The summed E-state index contributed by atoms with van der Waals surface area (Å²) in [5.41, 5.74) is 0. The molecule has 1 aliphatic rings. The molecule has 0 aromatic rings. The van der Waals surface area contributed by atoms with Gasteiger partial charge in [-0.2, -0.15) is 4.31 Å². The van der Waals surface area contributed by atoms with Crippen LogP contribution in [0.1, 0.15) is 25.7 Å². The number of amides is 1. The molecule has 1 aliphatic carbocycles. The monoisotopic (exact) mass is 291 g/mol. The van der Waals surface area contributed by atoms with Gasteiger partial charge in [0, 0.05) is 19.1 Å². The second-order valence-corrected chi connectivity index (χ2v) is 7.43. The molecule has 1 N–H and O–H groups in total. The van der Waals surface area contributed by atoms with E-state index in [9.17, 15) is 13.2 Å². The first-order valence-electron chi connectivity index (χ1n) is 6.68. The second kappa shape index (κ2) is 7.21. The van der Waals surface area contributed by atoms with E-state index in [4.69, 9.17) is 0 Å². The van der Waals surface area contributed by atoms with E-state index in [2.05, 4.69) is 5.32 Å². The highest BCUT2D eigenvalue weighted by atomic mass is 32.2. The molecule has 1 fully saturated rings. The van der Waals surface area contributed by atoms with Crippen LogP contribution in [0.2, 0.25) is 0 Å². The Balaban J connectivity index is 2.48. The molecule has 6 nitrogen and oxygen atoms in total. The van der Waals surface area contributed by atoms with Crippen LogP contribution in [0, 0.1) is 0 Å². The van der Waals surface area contributed by atoms with Crippen LogP contribution in [-0.2, 0) is 14.8 Å². The second-order valence-electron chi connectivity index (χ2n) is 5.45. The van der Waals surface area contributed by atoms with Crippen LogP contribution in [0.5, 0.6) is 0 Å². The molecule has 0 aromatic carbocycles. The van der Waals surface area contributed by atoms with E-state index in [0.717, 1.165) is 31.9 Å². The van der Waals surface area contributed by atoms with E-state index in [1.54, 1.807) is 0 Å². The lowest BCUT2D eigenvalue weighted by molar-refractivity contribution is -0.122. The van der Waals surface area contributed by atoms with Crippen molar-refractivity contribution in [1.82, 2.24) is 14.5 Å². The molecule has 112 valence electrons. The van der Waals surface area contributed by atoms with Gasteiger partial charge in [-0.3, -0.25) is 4.79 Å². The molecule has 0 unspecified atom stereocenters. The quantitative estimate of drug-likeness (QED) is 0.709. The highest BCUT2D eigenvalue weighted by Gasteiger charge is 2.22. The Morgan fingerprint density at radius 1 is 1.21 bits per heavy atom. The zero-order chi connectivity index (χ0) is 14.5. The summed E-state index contributed by atoms with van der Waals surface area (Å²) in [4.78, 5) is 13.8. The summed E-state index contributed by atoms with van der Waals surface area (Å²) in [6.45, 7) is 0.858. The zero-order valence-electron chi connectivity index (χ0n) is 12.1. The Labute approximate surface area is 116 Å². The van der Waals surface area contributed by atoms with Crippen LogP contribution < -0.4 is 5.32 Å². The first kappa shape index (κ1) is 16.4. The van der Waals surface area contributed by atoms with Crippen LogP contribution in [0.25, 0.3) is 0 Å². The summed E-state index contributed by atoms with van der Waals surface area (Å²) in [5, 5.41) is 2.91. The van der Waals surface area contributed by atoms with Crippen molar-refractivity contribution >= 4 is 15.9 Å². The van der Waals surface area contributed by atoms with Crippen molar-refractivity contribution in [3.63, 3.8) is 0 Å². The number of carbonyl (C=O) groups is 1. The Hall–Kier alpha value is -0.660. The molecule has 1 amide bonds. The van der Waals surface area contributed by atoms with Gasteiger partial charge < -0.3 is 10.2 Å². The Morgan fingerprint density at radius 2 is 1.79 bits per heavy atom. The number of likely N-dealkylation sites (N-methyl/N-ethyl adjacent to an activating group) is 1. The van der Waals surface area contributed by atoms with Crippen molar-refractivity contribution in [2.45, 2.75) is 31.7 Å². The normalized spacial score (nSPS) is 17.3. The molecule has 0 radical (unpaired) electrons. The van der Waals surface area contributed by atoms with Crippen LogP contribution in [-0.4, -0.2) is 69.6 Å². The predicted molar refractivity (Wildman–Crippen MR) is 75.4 cm³/mol. The number of hydrogen-bond donors (Lipinski definition) is 1. The number of hydrogen-bond acceptors (Lipinski definition) is 4. The third-order valence-corrected chi connectivity index (χ3v) is 4.56. The number of nitrogens with zero attached hydrogens (tertiary/aromatic N) is 2. The van der Waals surface area contributed by atoms with Crippen molar-refractivity contribution in [2.24, 2.45) is 0 Å². The van der Waals surface area contributed by atoms with Gasteiger partial charge in [0.1, 0.15) is 0 Å². The minimum Gasteiger partial charge on any atom is -0.352 e. The van der Waals surface area contributed by atoms with E-state index in [-0.39, 0.29) is 18.5 Å². The average molecular weight is 291 g/mol. The van der Waals surface area contributed by atoms with E-state index < -0.39 is 10.0 Å². The summed E-state index contributed by atoms with van der Waals surface area (Å²) in [6.07, 6.45) is 5.43. The molecule has 0 aromatic heterocycles. The van der Waals surface area contributed by atoms with Gasteiger partial charge in [0.25, 0.3) is 0 Å². The molecule has 0 aliphatic heterocycles. The van der Waals surface area contributed by atoms with Crippen molar-refractivity contribution in [2.75, 3.05) is 40.0 Å². The summed E-state index contributed by atoms with van der Waals surface area (Å²) >= 11 is 0. The molecule has 1 rings (SSSR count). The van der Waals surface area contributed by atoms with Crippen molar-refractivity contribution < 1.29 is 13.2 Å². The summed E-state index contributed by atoms with van der Waals surface area (Å²) in [6, 6.07) is 0.225. The smallest absolute Gasteiger partial charge is 0.235 e. The topological polar surface area (TPSA) is 69.7 Å². The Morgan fingerprint density at radius 3 is 2.26 bits per heavy atom. The summed E-state index contributed by atoms with van der Waals surface area (Å²) in [5.74, 6) is -0.198. The minimum absolute atomic E-state index is 0.0802. The highest BCUT2D eigenvalue weighted by molar-refractivity contribution is 7.88. The van der Waals surface area contributed by atoms with Crippen LogP contribution in [0.3, 0.4) is 0 Å². The third kappa shape index (κ3) is 6.35. The summed E-state index contributed by atoms with van der Waals surface area (Å²) in [7, 11) is 0.405. The van der Waals surface area contributed by atoms with E-state index in [1.165, 1.54) is 4.31 Å². The van der Waals surface area contributed by atoms with Crippen LogP contribution in [0.4, 0.5) is 0 Å². The van der Waals surface area contributed by atoms with Gasteiger partial charge in [0.15, 0.2) is 0 Å². The van der Waals surface area contributed by atoms with Gasteiger partial charge in [-0.15, -0.1) is 0 Å². The molecular weight excluding hydrogens is 266 g/mol. The fraction of sp³-hybridized carbons (Fsp3) is 0.917. The van der Waals surface area contributed by atoms with Crippen molar-refractivity contribution in [1.29, 1.82) is 0 Å². The molecule has 0 spiro atoms. The number of nitrogens with one attached hydrogen (secondary N) is 1. The number of carbonyl (C=O) groups excluding carboxylic acids is 1. The van der Waals surface area contributed by atoms with Crippen molar-refractivity contribution in [3.05, 3.63) is 0 Å². The van der Waals surface area contributed by atoms with E-state index >= 15 is 0 Å². The van der Waals surface area contributed by atoms with E-state index in [0.29, 0.717) is 13.1 Å². The predicted octanol–water partition coefficient (Wildman–Crippen LogP) is -0.132. The standard InChI is InChI=1S/C12H25N3O3S/c1-14(2)8-9-15(19(3,17)18)10-12(16)13-11-6-4-5-7-11/h11H,4-10H2,1-3H3,(H,13,16). The largest absolute Gasteiger partial charge is 0.352 e. The molecule has 19 heavy (non-hydrogen) atoms. The van der Waals surface area contributed by atoms with Gasteiger partial charge in [-0.25, -0.2) is 8.42 Å². The molecule has 1 saturated carbocycles. The van der Waals surface area contributed by atoms with Gasteiger partial charge in [0.05, 0.1) is 12.8 Å². The maximum atomic E-state index is 11.9. The molecule has 7 heteroatoms. The SMILES string of the molecule is CN(C)CCN(CC(=O)NC1CCCC1)S(C)(=O)=O. The van der Waals surface area contributed by atoms with Gasteiger partial charge in [-0.1, -0.05) is 12.8 Å². The van der Waals surface area contributed by atoms with E-state index in [1.807, 2.05) is 19.0 Å². The molecule has 0 saturated heterocycles. The van der Waals surface area contributed by atoms with Gasteiger partial charge in [-0.05, 0) is 26.9 Å². The van der Waals surface area contributed by atoms with Gasteiger partial charge in [0.2, 0.25) is 15.9 Å². The minimum atomic E-state index is -3.34. The fourth-order valence-electron chi connectivity index (χ4n) is 2.18. The Kier molecular flexibility index (Phi) is 6.22. The lowest BCUT2D eigenvalue weighted by atomic mass is 10.2.